The average Bonchev–Trinajstić information content (AvgIpc) is 2.63. The van der Waals surface area contributed by atoms with Gasteiger partial charge in [0.1, 0.15) is 0 Å². The molecule has 0 atom stereocenters. The van der Waals surface area contributed by atoms with Crippen LogP contribution in [-0.4, -0.2) is 55.7 Å². The molecule has 0 aromatic rings. The molecule has 0 aliphatic carbocycles. The van der Waals surface area contributed by atoms with Gasteiger partial charge in [0.15, 0.2) is 0 Å². The first-order valence-corrected chi connectivity index (χ1v) is 8.42. The average molecular weight is 202 g/mol. The molecule has 0 spiro atoms. The quantitative estimate of drug-likeness (QED) is 0.496. The zero-order valence-corrected chi connectivity index (χ0v) is 11.4. The molecule has 0 N–H and O–H groups in total. The number of nitrogens with zero attached hydrogens (tertiary/aromatic N) is 2. The van der Waals surface area contributed by atoms with Gasteiger partial charge in [0.05, 0.1) is 19.4 Å². The fourth-order valence-corrected chi connectivity index (χ4v) is 4.62. The largest absolute Gasteiger partial charge is 0.332 e. The van der Waals surface area contributed by atoms with Crippen LogP contribution in [0.2, 0.25) is 12.1 Å². The van der Waals surface area contributed by atoms with Gasteiger partial charge in [-0.1, -0.05) is 0 Å². The summed E-state index contributed by atoms with van der Waals surface area (Å²) in [6.07, 6.45) is 2.95. The fourth-order valence-electron chi connectivity index (χ4n) is 1.75. The third kappa shape index (κ3) is 4.40. The molecule has 0 aromatic heterocycles. The Morgan fingerprint density at radius 1 is 0.833 bits per heavy atom. The second kappa shape index (κ2) is 5.91. The van der Waals surface area contributed by atoms with Crippen LogP contribution in [0.4, 0.5) is 0 Å². The van der Waals surface area contributed by atoms with Crippen molar-refractivity contribution in [2.45, 2.75) is 24.9 Å². The molecule has 2 heterocycles. The van der Waals surface area contributed by atoms with E-state index in [0.29, 0.717) is 19.4 Å². The van der Waals surface area contributed by atoms with Gasteiger partial charge in [-0.2, -0.15) is 0 Å². The Morgan fingerprint density at radius 2 is 1.25 bits per heavy atom. The highest BCUT2D eigenvalue weighted by Crippen LogP contribution is 2.01. The predicted molar refractivity (Wildman–Crippen MR) is 61.2 cm³/mol. The van der Waals surface area contributed by atoms with E-state index in [4.69, 9.17) is 0 Å². The van der Waals surface area contributed by atoms with Gasteiger partial charge in [-0.15, -0.1) is 0 Å². The van der Waals surface area contributed by atoms with Crippen molar-refractivity contribution in [3.63, 3.8) is 0 Å². The molecular weight excluding hydrogens is 180 g/mol. The lowest BCUT2D eigenvalue weighted by molar-refractivity contribution is 0.574. The van der Waals surface area contributed by atoms with Gasteiger partial charge in [0, 0.05) is 0 Å². The molecule has 0 aromatic carbocycles. The lowest BCUT2D eigenvalue weighted by Gasteiger charge is -2.01. The summed E-state index contributed by atoms with van der Waals surface area (Å²) in [4.78, 5) is 0. The lowest BCUT2D eigenvalue weighted by Crippen LogP contribution is -2.14. The summed E-state index contributed by atoms with van der Waals surface area (Å²) in [7, 11) is 5.07. The smallest absolute Gasteiger partial charge is 0.0947 e. The monoisotopic (exact) mass is 202 g/mol. The molecule has 2 saturated heterocycles. The Hall–Kier alpha value is 0.354. The third-order valence-electron chi connectivity index (χ3n) is 2.66. The van der Waals surface area contributed by atoms with Gasteiger partial charge in [-0.25, -0.2) is 0 Å². The normalized spacial score (nSPS) is 29.5. The van der Waals surface area contributed by atoms with Crippen LogP contribution in [-0.2, 0) is 0 Å². The summed E-state index contributed by atoms with van der Waals surface area (Å²) in [6, 6.07) is 3.10. The molecule has 2 nitrogen and oxygen atoms in total. The highest BCUT2D eigenvalue weighted by molar-refractivity contribution is 6.33. The Morgan fingerprint density at radius 3 is 1.33 bits per heavy atom. The van der Waals surface area contributed by atoms with Crippen molar-refractivity contribution >= 4 is 19.4 Å². The topological polar surface area (TPSA) is 6.48 Å². The Bertz CT molecular complexity index is 95.6. The number of rotatable bonds is 0. The van der Waals surface area contributed by atoms with Gasteiger partial charge < -0.3 is 9.13 Å². The first-order chi connectivity index (χ1) is 5.79. The van der Waals surface area contributed by atoms with Crippen LogP contribution in [0.1, 0.15) is 12.8 Å². The van der Waals surface area contributed by atoms with E-state index < -0.39 is 0 Å². The van der Waals surface area contributed by atoms with E-state index in [1.54, 1.807) is 12.1 Å². The maximum Gasteiger partial charge on any atom is 0.0947 e. The van der Waals surface area contributed by atoms with E-state index in [-0.39, 0.29) is 0 Å². The molecule has 0 unspecified atom stereocenters. The number of hydrogen-bond donors (Lipinski definition) is 0. The molecule has 12 heavy (non-hydrogen) atoms. The maximum atomic E-state index is 2.50. The zero-order valence-electron chi connectivity index (χ0n) is 8.55. The molecular formula is C8H22N2Si2. The van der Waals surface area contributed by atoms with Gasteiger partial charge in [0.2, 0.25) is 0 Å². The second-order valence-electron chi connectivity index (χ2n) is 4.02. The minimum Gasteiger partial charge on any atom is -0.332 e. The van der Waals surface area contributed by atoms with Crippen LogP contribution in [0.15, 0.2) is 0 Å². The van der Waals surface area contributed by atoms with E-state index in [1.165, 1.54) is 25.9 Å². The first-order valence-electron chi connectivity index (χ1n) is 5.16. The van der Waals surface area contributed by atoms with E-state index in [1.807, 2.05) is 0 Å². The summed E-state index contributed by atoms with van der Waals surface area (Å²) in [5.41, 5.74) is 0. The van der Waals surface area contributed by atoms with Crippen molar-refractivity contribution in [3.8, 4) is 0 Å². The van der Waals surface area contributed by atoms with Crippen LogP contribution in [0.3, 0.4) is 0 Å². The molecule has 2 aliphatic rings. The molecule has 72 valence electrons. The SMILES string of the molecule is CN1CCC[SiH2]1.CN1CCC[SiH2]1. The van der Waals surface area contributed by atoms with Crippen molar-refractivity contribution in [1.82, 2.24) is 9.13 Å². The fraction of sp³-hybridized carbons (Fsp3) is 1.00. The first kappa shape index (κ1) is 10.4. The minimum absolute atomic E-state index is 0.301. The Balaban J connectivity index is 0.000000120. The van der Waals surface area contributed by atoms with Gasteiger partial charge in [-0.05, 0) is 52.1 Å². The van der Waals surface area contributed by atoms with Crippen LogP contribution >= 0.6 is 0 Å². The summed E-state index contributed by atoms with van der Waals surface area (Å²) < 4.78 is 5.00. The highest BCUT2D eigenvalue weighted by atomic mass is 28.2. The van der Waals surface area contributed by atoms with Crippen molar-refractivity contribution in [3.05, 3.63) is 0 Å². The van der Waals surface area contributed by atoms with Crippen molar-refractivity contribution < 1.29 is 0 Å². The van der Waals surface area contributed by atoms with Crippen LogP contribution in [0.5, 0.6) is 0 Å². The van der Waals surface area contributed by atoms with Crippen molar-refractivity contribution in [2.75, 3.05) is 27.2 Å². The highest BCUT2D eigenvalue weighted by Gasteiger charge is 2.04. The molecule has 0 saturated carbocycles. The van der Waals surface area contributed by atoms with Crippen molar-refractivity contribution in [2.24, 2.45) is 0 Å². The van der Waals surface area contributed by atoms with E-state index in [0.717, 1.165) is 0 Å². The van der Waals surface area contributed by atoms with E-state index >= 15 is 0 Å². The van der Waals surface area contributed by atoms with E-state index in [9.17, 15) is 0 Å². The molecule has 0 bridgehead atoms. The van der Waals surface area contributed by atoms with Gasteiger partial charge in [0.25, 0.3) is 0 Å². The van der Waals surface area contributed by atoms with Crippen LogP contribution < -0.4 is 0 Å². The third-order valence-corrected chi connectivity index (χ3v) is 6.45. The van der Waals surface area contributed by atoms with Crippen LogP contribution in [0.25, 0.3) is 0 Å². The van der Waals surface area contributed by atoms with Crippen molar-refractivity contribution in [1.29, 1.82) is 0 Å². The van der Waals surface area contributed by atoms with Gasteiger partial charge >= 0.3 is 0 Å². The molecule has 4 heteroatoms. The summed E-state index contributed by atoms with van der Waals surface area (Å²) in [6.45, 7) is 2.76. The summed E-state index contributed by atoms with van der Waals surface area (Å²) in [5, 5.41) is 0. The summed E-state index contributed by atoms with van der Waals surface area (Å²) >= 11 is 0. The lowest BCUT2D eigenvalue weighted by atomic mass is 10.5. The molecule has 2 rings (SSSR count). The Labute approximate surface area is 81.1 Å². The molecule has 0 amide bonds. The maximum absolute atomic E-state index is 2.50. The molecule has 2 fully saturated rings. The van der Waals surface area contributed by atoms with Crippen LogP contribution in [0, 0.1) is 0 Å². The van der Waals surface area contributed by atoms with E-state index in [2.05, 4.69) is 23.2 Å². The molecule has 0 radical (unpaired) electrons. The second-order valence-corrected chi connectivity index (χ2v) is 8.49. The number of hydrogen-bond acceptors (Lipinski definition) is 2. The zero-order chi connectivity index (χ0) is 8.81. The standard InChI is InChI=1S/2C4H11NSi/c2*1-5-3-2-4-6-5/h2*2-4,6H2,1H3. The van der Waals surface area contributed by atoms with Gasteiger partial charge in [-0.3, -0.25) is 0 Å². The predicted octanol–water partition coefficient (Wildman–Crippen LogP) is -0.352. The Kier molecular flexibility index (Phi) is 5.14. The summed E-state index contributed by atoms with van der Waals surface area (Å²) in [5.74, 6) is 0. The minimum atomic E-state index is 0.301. The molecule has 2 aliphatic heterocycles.